The lowest BCUT2D eigenvalue weighted by Crippen LogP contribution is -2.44. The molecule has 2 heterocycles. The van der Waals surface area contributed by atoms with Crippen LogP contribution in [-0.2, 0) is 6.54 Å². The van der Waals surface area contributed by atoms with E-state index >= 15 is 0 Å². The molecule has 1 N–H and O–H groups in total. The van der Waals surface area contributed by atoms with Gasteiger partial charge < -0.3 is 15.1 Å². The minimum absolute atomic E-state index is 0.102. The number of carbonyl (C=O) groups excluding carboxylic acids is 1. The maximum absolute atomic E-state index is 13.1. The van der Waals surface area contributed by atoms with Gasteiger partial charge >= 0.3 is 0 Å². The molecule has 132 valence electrons. The Morgan fingerprint density at radius 1 is 1.24 bits per heavy atom. The number of amides is 1. The molecule has 0 radical (unpaired) electrons. The number of benzene rings is 1. The zero-order valence-corrected chi connectivity index (χ0v) is 14.8. The van der Waals surface area contributed by atoms with E-state index in [1.54, 1.807) is 6.20 Å². The Morgan fingerprint density at radius 2 is 2.00 bits per heavy atom. The van der Waals surface area contributed by atoms with E-state index in [-0.39, 0.29) is 16.5 Å². The fourth-order valence-electron chi connectivity index (χ4n) is 2.73. The Kier molecular flexibility index (Phi) is 5.50. The Morgan fingerprint density at radius 3 is 2.72 bits per heavy atom. The normalized spacial score (nSPS) is 15.2. The first-order valence-electron chi connectivity index (χ1n) is 8.14. The zero-order chi connectivity index (χ0) is 17.8. The van der Waals surface area contributed by atoms with Crippen LogP contribution in [-0.4, -0.2) is 49.0 Å². The summed E-state index contributed by atoms with van der Waals surface area (Å²) in [5.41, 5.74) is 1.21. The third-order valence-electron chi connectivity index (χ3n) is 4.27. The highest BCUT2D eigenvalue weighted by atomic mass is 35.5. The van der Waals surface area contributed by atoms with Crippen LogP contribution in [0.3, 0.4) is 0 Å². The van der Waals surface area contributed by atoms with E-state index < -0.39 is 5.82 Å². The number of pyridine rings is 1. The minimum atomic E-state index is -0.465. The predicted octanol–water partition coefficient (Wildman–Crippen LogP) is 2.56. The van der Waals surface area contributed by atoms with Crippen LogP contribution in [0.15, 0.2) is 36.5 Å². The second-order valence-corrected chi connectivity index (χ2v) is 6.53. The number of nitrogens with one attached hydrogen (secondary N) is 1. The number of aromatic nitrogens is 1. The summed E-state index contributed by atoms with van der Waals surface area (Å²) in [5, 5.41) is 2.91. The molecule has 1 aliphatic rings. The first-order valence-corrected chi connectivity index (χ1v) is 8.52. The molecule has 2 aromatic rings. The quantitative estimate of drug-likeness (QED) is 0.908. The van der Waals surface area contributed by atoms with E-state index in [2.05, 4.69) is 27.1 Å². The van der Waals surface area contributed by atoms with E-state index in [0.29, 0.717) is 6.54 Å². The second-order valence-electron chi connectivity index (χ2n) is 6.12. The van der Waals surface area contributed by atoms with Gasteiger partial charge in [-0.2, -0.15) is 0 Å². The van der Waals surface area contributed by atoms with Crippen molar-refractivity contribution >= 4 is 23.3 Å². The highest BCUT2D eigenvalue weighted by Crippen LogP contribution is 2.18. The van der Waals surface area contributed by atoms with Gasteiger partial charge in [0.25, 0.3) is 5.91 Å². The molecular formula is C18H20ClFN4O. The van der Waals surface area contributed by atoms with E-state index in [1.165, 1.54) is 12.1 Å². The number of piperazine rings is 1. The van der Waals surface area contributed by atoms with E-state index in [1.807, 2.05) is 12.1 Å². The van der Waals surface area contributed by atoms with Crippen molar-refractivity contribution in [3.8, 4) is 0 Å². The van der Waals surface area contributed by atoms with Gasteiger partial charge in [0, 0.05) is 38.9 Å². The maximum atomic E-state index is 13.1. The summed E-state index contributed by atoms with van der Waals surface area (Å²) >= 11 is 5.92. The lowest BCUT2D eigenvalue weighted by molar-refractivity contribution is 0.0951. The molecule has 1 fully saturated rings. The Labute approximate surface area is 151 Å². The second kappa shape index (κ2) is 7.80. The van der Waals surface area contributed by atoms with Crippen LogP contribution in [0.4, 0.5) is 10.2 Å². The highest BCUT2D eigenvalue weighted by Gasteiger charge is 2.16. The SMILES string of the molecule is CN1CCN(c2cc(CNC(=O)c3ccc(F)cc3Cl)ccn2)CC1. The van der Waals surface area contributed by atoms with Crippen LogP contribution in [0.1, 0.15) is 15.9 Å². The number of anilines is 1. The van der Waals surface area contributed by atoms with Crippen LogP contribution in [0, 0.1) is 5.82 Å². The largest absolute Gasteiger partial charge is 0.354 e. The molecule has 7 heteroatoms. The summed E-state index contributed by atoms with van der Waals surface area (Å²) in [7, 11) is 2.11. The average Bonchev–Trinajstić information content (AvgIpc) is 2.60. The number of rotatable bonds is 4. The number of hydrogen-bond donors (Lipinski definition) is 1. The van der Waals surface area contributed by atoms with Crippen molar-refractivity contribution in [2.24, 2.45) is 0 Å². The molecule has 0 aliphatic carbocycles. The summed E-state index contributed by atoms with van der Waals surface area (Å²) in [6.45, 7) is 4.24. The van der Waals surface area contributed by atoms with E-state index in [9.17, 15) is 9.18 Å². The maximum Gasteiger partial charge on any atom is 0.253 e. The zero-order valence-electron chi connectivity index (χ0n) is 14.0. The van der Waals surface area contributed by atoms with Crippen molar-refractivity contribution in [2.75, 3.05) is 38.1 Å². The minimum Gasteiger partial charge on any atom is -0.354 e. The first-order chi connectivity index (χ1) is 12.0. The van der Waals surface area contributed by atoms with Gasteiger partial charge in [0.15, 0.2) is 0 Å². The smallest absolute Gasteiger partial charge is 0.253 e. The Bertz CT molecular complexity index is 762. The fraction of sp³-hybridized carbons (Fsp3) is 0.333. The van der Waals surface area contributed by atoms with Crippen molar-refractivity contribution in [3.05, 3.63) is 58.5 Å². The van der Waals surface area contributed by atoms with Crippen LogP contribution in [0.5, 0.6) is 0 Å². The molecule has 0 atom stereocenters. The molecule has 5 nitrogen and oxygen atoms in total. The monoisotopic (exact) mass is 362 g/mol. The molecule has 1 amide bonds. The number of likely N-dealkylation sites (N-methyl/N-ethyl adjacent to an activating group) is 1. The van der Waals surface area contributed by atoms with E-state index in [4.69, 9.17) is 11.6 Å². The van der Waals surface area contributed by atoms with Crippen molar-refractivity contribution in [1.82, 2.24) is 15.2 Å². The first kappa shape index (κ1) is 17.6. The third kappa shape index (κ3) is 4.46. The lowest BCUT2D eigenvalue weighted by atomic mass is 10.2. The molecule has 0 bridgehead atoms. The highest BCUT2D eigenvalue weighted by molar-refractivity contribution is 6.33. The van der Waals surface area contributed by atoms with Crippen LogP contribution in [0.25, 0.3) is 0 Å². The summed E-state index contributed by atoms with van der Waals surface area (Å²) in [5.74, 6) is 0.120. The fourth-order valence-corrected chi connectivity index (χ4v) is 2.98. The van der Waals surface area contributed by atoms with Gasteiger partial charge in [-0.3, -0.25) is 4.79 Å². The molecule has 1 aromatic carbocycles. The summed E-state index contributed by atoms with van der Waals surface area (Å²) in [6.07, 6.45) is 1.75. The Hall–Kier alpha value is -2.18. The van der Waals surface area contributed by atoms with Crippen molar-refractivity contribution < 1.29 is 9.18 Å². The molecule has 0 saturated carbocycles. The standard InChI is InChI=1S/C18H20ClFN4O/c1-23-6-8-24(9-7-23)17-10-13(4-5-21-17)12-22-18(25)15-3-2-14(20)11-16(15)19/h2-5,10-11H,6-9,12H2,1H3,(H,22,25). The van der Waals surface area contributed by atoms with Crippen molar-refractivity contribution in [1.29, 1.82) is 0 Å². The van der Waals surface area contributed by atoms with Crippen molar-refractivity contribution in [3.63, 3.8) is 0 Å². The molecule has 1 aliphatic heterocycles. The Balaban J connectivity index is 1.63. The van der Waals surface area contributed by atoms with Gasteiger partial charge in [-0.1, -0.05) is 11.6 Å². The van der Waals surface area contributed by atoms with Crippen LogP contribution >= 0.6 is 11.6 Å². The molecular weight excluding hydrogens is 343 g/mol. The molecule has 1 saturated heterocycles. The van der Waals surface area contributed by atoms with Crippen LogP contribution in [0.2, 0.25) is 5.02 Å². The molecule has 25 heavy (non-hydrogen) atoms. The summed E-state index contributed by atoms with van der Waals surface area (Å²) in [6, 6.07) is 7.59. The number of carbonyl (C=O) groups is 1. The van der Waals surface area contributed by atoms with Gasteiger partial charge in [0.1, 0.15) is 11.6 Å². The summed E-state index contributed by atoms with van der Waals surface area (Å²) in [4.78, 5) is 21.2. The van der Waals surface area contributed by atoms with Gasteiger partial charge in [0.05, 0.1) is 10.6 Å². The number of hydrogen-bond acceptors (Lipinski definition) is 4. The molecule has 0 spiro atoms. The number of halogens is 2. The topological polar surface area (TPSA) is 48.5 Å². The third-order valence-corrected chi connectivity index (χ3v) is 4.58. The van der Waals surface area contributed by atoms with Crippen LogP contribution < -0.4 is 10.2 Å². The predicted molar refractivity (Wildman–Crippen MR) is 96.5 cm³/mol. The lowest BCUT2D eigenvalue weighted by Gasteiger charge is -2.33. The van der Waals surface area contributed by atoms with Gasteiger partial charge in [-0.25, -0.2) is 9.37 Å². The van der Waals surface area contributed by atoms with E-state index in [0.717, 1.165) is 43.6 Å². The molecule has 1 aromatic heterocycles. The summed E-state index contributed by atoms with van der Waals surface area (Å²) < 4.78 is 13.1. The molecule has 3 rings (SSSR count). The van der Waals surface area contributed by atoms with Gasteiger partial charge in [-0.15, -0.1) is 0 Å². The average molecular weight is 363 g/mol. The van der Waals surface area contributed by atoms with Crippen molar-refractivity contribution in [2.45, 2.75) is 6.54 Å². The van der Waals surface area contributed by atoms with Gasteiger partial charge in [0.2, 0.25) is 0 Å². The van der Waals surface area contributed by atoms with Gasteiger partial charge in [-0.05, 0) is 42.9 Å². The number of nitrogens with zero attached hydrogens (tertiary/aromatic N) is 3. The molecule has 0 unspecified atom stereocenters.